The second-order valence-corrected chi connectivity index (χ2v) is 5.77. The van der Waals surface area contributed by atoms with E-state index in [-0.39, 0.29) is 0 Å². The Labute approximate surface area is 149 Å². The van der Waals surface area contributed by atoms with E-state index in [2.05, 4.69) is 32.8 Å². The summed E-state index contributed by atoms with van der Waals surface area (Å²) in [5.41, 5.74) is 10.5. The first-order valence-electron chi connectivity index (χ1n) is 8.06. The van der Waals surface area contributed by atoms with Crippen molar-refractivity contribution in [3.8, 4) is 33.6 Å². The molecule has 0 aliphatic carbocycles. The van der Waals surface area contributed by atoms with E-state index < -0.39 is 5.91 Å². The molecule has 0 radical (unpaired) electrons. The zero-order valence-electron chi connectivity index (χ0n) is 13.8. The number of rotatable bonds is 4. The van der Waals surface area contributed by atoms with E-state index in [0.29, 0.717) is 17.0 Å². The molecule has 3 aromatic carbocycles. The van der Waals surface area contributed by atoms with Crippen LogP contribution in [0.25, 0.3) is 33.6 Å². The Hall–Kier alpha value is -3.80. The van der Waals surface area contributed by atoms with Crippen molar-refractivity contribution in [2.75, 3.05) is 0 Å². The maximum absolute atomic E-state index is 11.9. The predicted molar refractivity (Wildman–Crippen MR) is 99.0 cm³/mol. The minimum absolute atomic E-state index is 0.335. The van der Waals surface area contributed by atoms with E-state index in [1.54, 1.807) is 12.1 Å². The molecule has 4 aromatic rings. The molecular weight excluding hydrogens is 326 g/mol. The Morgan fingerprint density at radius 2 is 1.50 bits per heavy atom. The minimum Gasteiger partial charge on any atom is -0.366 e. The van der Waals surface area contributed by atoms with E-state index in [0.717, 1.165) is 22.3 Å². The fraction of sp³-hybridized carbons (Fsp3) is 0. The predicted octanol–water partition coefficient (Wildman–Crippen LogP) is 3.30. The van der Waals surface area contributed by atoms with Gasteiger partial charge in [-0.05, 0) is 33.5 Å². The van der Waals surface area contributed by atoms with Gasteiger partial charge in [-0.15, -0.1) is 10.2 Å². The largest absolute Gasteiger partial charge is 0.366 e. The maximum atomic E-state index is 11.9. The second-order valence-electron chi connectivity index (χ2n) is 5.77. The highest BCUT2D eigenvalue weighted by atomic mass is 16.1. The molecule has 1 aromatic heterocycles. The van der Waals surface area contributed by atoms with Crippen molar-refractivity contribution in [1.82, 2.24) is 20.6 Å². The van der Waals surface area contributed by atoms with Crippen LogP contribution in [-0.2, 0) is 0 Å². The monoisotopic (exact) mass is 341 g/mol. The molecule has 0 saturated carbocycles. The normalized spacial score (nSPS) is 10.6. The smallest absolute Gasteiger partial charge is 0.249 e. The number of nitrogens with two attached hydrogens (primary N) is 1. The number of aromatic nitrogens is 4. The summed E-state index contributed by atoms with van der Waals surface area (Å²) in [7, 11) is 0. The number of carbonyl (C=O) groups is 1. The van der Waals surface area contributed by atoms with Gasteiger partial charge in [-0.2, -0.15) is 5.21 Å². The van der Waals surface area contributed by atoms with E-state index >= 15 is 0 Å². The van der Waals surface area contributed by atoms with E-state index in [9.17, 15) is 4.79 Å². The van der Waals surface area contributed by atoms with Crippen LogP contribution in [-0.4, -0.2) is 26.5 Å². The quantitative estimate of drug-likeness (QED) is 0.595. The standard InChI is InChI=1S/C20H15N5O/c21-19(26)17-8-4-7-16(18(17)20-22-24-25-23-20)15-11-9-14(10-12-15)13-5-2-1-3-6-13/h1-12H,(H2,21,26)(H,22,23,24,25). The average Bonchev–Trinajstić information content (AvgIpc) is 3.22. The number of hydrogen-bond donors (Lipinski definition) is 2. The lowest BCUT2D eigenvalue weighted by molar-refractivity contribution is 0.100. The number of tetrazole rings is 1. The summed E-state index contributed by atoms with van der Waals surface area (Å²) in [6, 6.07) is 23.6. The maximum Gasteiger partial charge on any atom is 0.249 e. The van der Waals surface area contributed by atoms with Crippen molar-refractivity contribution < 1.29 is 4.79 Å². The first-order valence-corrected chi connectivity index (χ1v) is 8.06. The Morgan fingerprint density at radius 1 is 0.808 bits per heavy atom. The lowest BCUT2D eigenvalue weighted by Crippen LogP contribution is -2.13. The van der Waals surface area contributed by atoms with Crippen LogP contribution in [0.1, 0.15) is 10.4 Å². The third kappa shape index (κ3) is 2.84. The third-order valence-electron chi connectivity index (χ3n) is 4.20. The molecule has 0 aliphatic heterocycles. The highest BCUT2D eigenvalue weighted by molar-refractivity contribution is 6.03. The number of carbonyl (C=O) groups excluding carboxylic acids is 1. The minimum atomic E-state index is -0.535. The van der Waals surface area contributed by atoms with Crippen molar-refractivity contribution in [3.63, 3.8) is 0 Å². The van der Waals surface area contributed by atoms with Crippen molar-refractivity contribution >= 4 is 5.91 Å². The van der Waals surface area contributed by atoms with Crippen molar-refractivity contribution in [2.24, 2.45) is 5.73 Å². The first kappa shape index (κ1) is 15.7. The van der Waals surface area contributed by atoms with Crippen molar-refractivity contribution in [2.45, 2.75) is 0 Å². The van der Waals surface area contributed by atoms with Gasteiger partial charge in [0.05, 0.1) is 5.56 Å². The van der Waals surface area contributed by atoms with E-state index in [4.69, 9.17) is 5.73 Å². The lowest BCUT2D eigenvalue weighted by atomic mass is 9.93. The average molecular weight is 341 g/mol. The molecule has 0 fully saturated rings. The van der Waals surface area contributed by atoms with Gasteiger partial charge < -0.3 is 5.73 Å². The van der Waals surface area contributed by atoms with Crippen LogP contribution in [0.4, 0.5) is 0 Å². The Balaban J connectivity index is 1.83. The van der Waals surface area contributed by atoms with Crippen LogP contribution in [0, 0.1) is 0 Å². The number of amides is 1. The molecule has 0 spiro atoms. The van der Waals surface area contributed by atoms with Gasteiger partial charge in [0.1, 0.15) is 0 Å². The van der Waals surface area contributed by atoms with Crippen LogP contribution >= 0.6 is 0 Å². The SMILES string of the molecule is NC(=O)c1cccc(-c2ccc(-c3ccccc3)cc2)c1-c1nn[nH]n1. The number of primary amides is 1. The molecule has 0 aliphatic rings. The Bertz CT molecular complexity index is 1040. The van der Waals surface area contributed by atoms with Crippen LogP contribution < -0.4 is 5.73 Å². The van der Waals surface area contributed by atoms with Gasteiger partial charge in [-0.3, -0.25) is 4.79 Å². The molecule has 1 heterocycles. The number of hydrogen-bond acceptors (Lipinski definition) is 4. The number of nitrogens with one attached hydrogen (secondary N) is 1. The van der Waals surface area contributed by atoms with Gasteiger partial charge >= 0.3 is 0 Å². The van der Waals surface area contributed by atoms with Crippen molar-refractivity contribution in [1.29, 1.82) is 0 Å². The molecule has 0 bridgehead atoms. The summed E-state index contributed by atoms with van der Waals surface area (Å²) in [6.45, 7) is 0. The molecule has 0 saturated heterocycles. The topological polar surface area (TPSA) is 97.5 Å². The summed E-state index contributed by atoms with van der Waals surface area (Å²) in [5, 5.41) is 14.1. The highest BCUT2D eigenvalue weighted by Gasteiger charge is 2.18. The molecule has 26 heavy (non-hydrogen) atoms. The molecule has 0 unspecified atom stereocenters. The van der Waals surface area contributed by atoms with Gasteiger partial charge in [0.15, 0.2) is 0 Å². The summed E-state index contributed by atoms with van der Waals surface area (Å²) < 4.78 is 0. The van der Waals surface area contributed by atoms with Crippen molar-refractivity contribution in [3.05, 3.63) is 78.4 Å². The second kappa shape index (κ2) is 6.60. The summed E-state index contributed by atoms with van der Waals surface area (Å²) in [6.07, 6.45) is 0. The van der Waals surface area contributed by atoms with E-state index in [1.807, 2.05) is 48.5 Å². The Morgan fingerprint density at radius 3 is 2.15 bits per heavy atom. The van der Waals surface area contributed by atoms with Crippen LogP contribution in [0.3, 0.4) is 0 Å². The Kier molecular flexibility index (Phi) is 3.99. The number of benzene rings is 3. The van der Waals surface area contributed by atoms with Crippen LogP contribution in [0.2, 0.25) is 0 Å². The van der Waals surface area contributed by atoms with Crippen LogP contribution in [0.15, 0.2) is 72.8 Å². The highest BCUT2D eigenvalue weighted by Crippen LogP contribution is 2.33. The first-order chi connectivity index (χ1) is 12.7. The fourth-order valence-corrected chi connectivity index (χ4v) is 2.98. The molecule has 126 valence electrons. The van der Waals surface area contributed by atoms with Gasteiger partial charge in [-0.1, -0.05) is 66.7 Å². The molecule has 3 N–H and O–H groups in total. The summed E-state index contributed by atoms with van der Waals surface area (Å²) in [4.78, 5) is 11.9. The van der Waals surface area contributed by atoms with Gasteiger partial charge in [0.25, 0.3) is 0 Å². The zero-order chi connectivity index (χ0) is 17.9. The summed E-state index contributed by atoms with van der Waals surface area (Å²) in [5.74, 6) is -0.200. The van der Waals surface area contributed by atoms with Crippen LogP contribution in [0.5, 0.6) is 0 Å². The third-order valence-corrected chi connectivity index (χ3v) is 4.20. The fourth-order valence-electron chi connectivity index (χ4n) is 2.98. The molecule has 1 amide bonds. The molecule has 6 nitrogen and oxygen atoms in total. The molecule has 6 heteroatoms. The number of aromatic amines is 1. The van der Waals surface area contributed by atoms with Gasteiger partial charge in [0.2, 0.25) is 11.7 Å². The van der Waals surface area contributed by atoms with E-state index in [1.165, 1.54) is 0 Å². The van der Waals surface area contributed by atoms with Gasteiger partial charge in [0, 0.05) is 5.56 Å². The summed E-state index contributed by atoms with van der Waals surface area (Å²) >= 11 is 0. The lowest BCUT2D eigenvalue weighted by Gasteiger charge is -2.11. The zero-order valence-corrected chi connectivity index (χ0v) is 13.8. The number of H-pyrrole nitrogens is 1. The molecule has 4 rings (SSSR count). The molecule has 0 atom stereocenters. The molecular formula is C20H15N5O. The van der Waals surface area contributed by atoms with Gasteiger partial charge in [-0.25, -0.2) is 0 Å². The number of nitrogens with zero attached hydrogens (tertiary/aromatic N) is 3.